The topological polar surface area (TPSA) is 165 Å². The number of carbonyl (C=O) groups excluding carboxylic acids is 1. The van der Waals surface area contributed by atoms with Gasteiger partial charge in [-0.3, -0.25) is 9.36 Å². The molecule has 0 aliphatic carbocycles. The first kappa shape index (κ1) is 32.0. The monoisotopic (exact) mass is 626 g/mol. The Labute approximate surface area is 248 Å². The molecule has 1 saturated heterocycles. The summed E-state index contributed by atoms with van der Waals surface area (Å²) in [5, 5.41) is 14.1. The van der Waals surface area contributed by atoms with Gasteiger partial charge in [0.2, 0.25) is 11.8 Å². The summed E-state index contributed by atoms with van der Waals surface area (Å²) in [6.07, 6.45) is -3.14. The second kappa shape index (κ2) is 12.3. The summed E-state index contributed by atoms with van der Waals surface area (Å²) in [4.78, 5) is 25.2. The number of fused-ring (bicyclic) bond motifs is 1. The number of nitrogens with two attached hydrogens (primary N) is 1. The van der Waals surface area contributed by atoms with Gasteiger partial charge < -0.3 is 34.1 Å². The van der Waals surface area contributed by atoms with E-state index in [9.17, 15) is 9.90 Å². The lowest BCUT2D eigenvalue weighted by Gasteiger charge is -2.29. The Morgan fingerprint density at radius 2 is 2.02 bits per heavy atom. The zero-order valence-corrected chi connectivity index (χ0v) is 25.9. The number of esters is 1. The fourth-order valence-electron chi connectivity index (χ4n) is 4.23. The van der Waals surface area contributed by atoms with Crippen LogP contribution in [0, 0.1) is 0 Å². The van der Waals surface area contributed by atoms with Crippen LogP contribution in [0.3, 0.4) is 0 Å². The first-order valence-electron chi connectivity index (χ1n) is 13.3. The number of aliphatic hydroxyl groups is 1. The van der Waals surface area contributed by atoms with Crippen molar-refractivity contribution in [3.8, 4) is 11.6 Å². The molecule has 0 saturated carbocycles. The van der Waals surface area contributed by atoms with Crippen molar-refractivity contribution in [1.29, 1.82) is 0 Å². The van der Waals surface area contributed by atoms with E-state index in [2.05, 4.69) is 20.0 Å². The molecule has 0 bridgehead atoms. The van der Waals surface area contributed by atoms with Gasteiger partial charge in [0.1, 0.15) is 29.1 Å². The molecule has 0 amide bonds. The van der Waals surface area contributed by atoms with Crippen LogP contribution in [0.5, 0.6) is 11.6 Å². The van der Waals surface area contributed by atoms with E-state index in [-0.39, 0.29) is 23.0 Å². The summed E-state index contributed by atoms with van der Waals surface area (Å²) in [7, 11) is 0. The molecule has 0 spiro atoms. The normalized spacial score (nSPS) is 24.7. The molecule has 0 radical (unpaired) electrons. The molecule has 16 heteroatoms. The average Bonchev–Trinajstić information content (AvgIpc) is 3.40. The molecular weight excluding hydrogens is 590 g/mol. The highest BCUT2D eigenvalue weighted by molar-refractivity contribution is 8.09. The third-order valence-electron chi connectivity index (χ3n) is 6.12. The number of carbonyl (C=O) groups is 1. The van der Waals surface area contributed by atoms with Gasteiger partial charge in [-0.1, -0.05) is 18.2 Å². The van der Waals surface area contributed by atoms with Gasteiger partial charge in [-0.2, -0.15) is 9.97 Å². The quantitative estimate of drug-likeness (QED) is 0.210. The highest BCUT2D eigenvalue weighted by Gasteiger charge is 2.55. The fraction of sp³-hybridized carbons (Fsp3) is 0.538. The van der Waals surface area contributed by atoms with Gasteiger partial charge in [-0.25, -0.2) is 14.5 Å². The maximum Gasteiger partial charge on any atom is 0.323 e. The number of imidazole rings is 1. The van der Waals surface area contributed by atoms with Crippen LogP contribution in [0.2, 0.25) is 0 Å². The lowest BCUT2D eigenvalue weighted by molar-refractivity contribution is -0.156. The third-order valence-corrected chi connectivity index (χ3v) is 8.62. The third kappa shape index (κ3) is 7.16. The first-order valence-corrected chi connectivity index (χ1v) is 15.9. The molecule has 13 nitrogen and oxygen atoms in total. The molecular formula is C26H36FN6O7PS. The van der Waals surface area contributed by atoms with Crippen molar-refractivity contribution in [2.24, 2.45) is 0 Å². The van der Waals surface area contributed by atoms with Crippen molar-refractivity contribution in [2.75, 3.05) is 18.9 Å². The minimum atomic E-state index is -3.50. The molecule has 3 unspecified atom stereocenters. The van der Waals surface area contributed by atoms with Crippen molar-refractivity contribution in [3.05, 3.63) is 36.7 Å². The van der Waals surface area contributed by atoms with E-state index in [4.69, 9.17) is 40.8 Å². The molecule has 3 heterocycles. The van der Waals surface area contributed by atoms with E-state index >= 15 is 4.39 Å². The number of rotatable bonds is 11. The number of benzene rings is 1. The summed E-state index contributed by atoms with van der Waals surface area (Å²) in [6.45, 7) is 6.25. The minimum absolute atomic E-state index is 0.0917. The number of alkyl halides is 1. The zero-order chi connectivity index (χ0) is 30.9. The van der Waals surface area contributed by atoms with Crippen LogP contribution in [-0.4, -0.2) is 73.3 Å². The van der Waals surface area contributed by atoms with E-state index in [1.807, 2.05) is 0 Å². The number of aromatic nitrogens is 4. The average molecular weight is 627 g/mol. The van der Waals surface area contributed by atoms with Gasteiger partial charge in [0.25, 0.3) is 0 Å². The number of hydrogen-bond acceptors (Lipinski definition) is 12. The molecule has 1 aromatic carbocycles. The summed E-state index contributed by atoms with van der Waals surface area (Å²) in [5.74, 6) is -0.130. The Morgan fingerprint density at radius 3 is 2.67 bits per heavy atom. The Balaban J connectivity index is 1.56. The van der Waals surface area contributed by atoms with Crippen LogP contribution in [-0.2, 0) is 30.6 Å². The fourth-order valence-corrected chi connectivity index (χ4v) is 6.65. The number of nitrogens with one attached hydrogen (secondary N) is 1. The molecule has 1 aliphatic heterocycles. The van der Waals surface area contributed by atoms with Gasteiger partial charge in [0.15, 0.2) is 23.6 Å². The lowest BCUT2D eigenvalue weighted by atomic mass is 9.98. The maximum atomic E-state index is 15.7. The predicted molar refractivity (Wildman–Crippen MR) is 156 cm³/mol. The highest BCUT2D eigenvalue weighted by Crippen LogP contribution is 2.48. The Hall–Kier alpha value is -2.94. The van der Waals surface area contributed by atoms with E-state index < -0.39 is 55.0 Å². The summed E-state index contributed by atoms with van der Waals surface area (Å²) >= 11 is 5.72. The van der Waals surface area contributed by atoms with Crippen molar-refractivity contribution in [3.63, 3.8) is 0 Å². The van der Waals surface area contributed by atoms with Crippen molar-refractivity contribution in [1.82, 2.24) is 24.6 Å². The Bertz CT molecular complexity index is 1450. The first-order chi connectivity index (χ1) is 19.6. The van der Waals surface area contributed by atoms with Gasteiger partial charge >= 0.3 is 12.6 Å². The summed E-state index contributed by atoms with van der Waals surface area (Å²) in [5.41, 5.74) is 3.55. The number of nitrogens with zero attached hydrogens (tertiary/aromatic N) is 4. The molecule has 3 aromatic rings. The van der Waals surface area contributed by atoms with Crippen LogP contribution < -0.4 is 20.1 Å². The molecule has 4 rings (SSSR count). The number of nitrogen functional groups attached to an aromatic ring is 1. The van der Waals surface area contributed by atoms with E-state index in [1.165, 1.54) is 17.8 Å². The number of hydrogen-bond donors (Lipinski definition) is 3. The van der Waals surface area contributed by atoms with E-state index in [1.54, 1.807) is 65.0 Å². The molecule has 1 aliphatic rings. The van der Waals surface area contributed by atoms with Crippen molar-refractivity contribution in [2.45, 2.75) is 77.3 Å². The molecule has 42 heavy (non-hydrogen) atoms. The second-order valence-electron chi connectivity index (χ2n) is 10.9. The molecule has 4 N–H and O–H groups in total. The lowest BCUT2D eigenvalue weighted by Crippen LogP contribution is -2.42. The maximum absolute atomic E-state index is 15.7. The molecule has 2 aromatic heterocycles. The summed E-state index contributed by atoms with van der Waals surface area (Å²) < 4.78 is 46.0. The standard InChI is InChI=1S/C26H36FN6O7PS/c1-7-36-21-18-20(30-24(28)31-21)33(14-29-18)23-26(6,35)19(27)17(38-23)13-37-41(42,40-16-11-9-8-10-12-16)32-15(2)22(34)39-25(3,4)5/h8-12,14-15,17,19,23,35H,7,13H2,1-6H3,(H,32,42)(H2,28,30,31)/t15?,17-,19?,23-,26-,41?/m1/s1. The van der Waals surface area contributed by atoms with Gasteiger partial charge in [-0.15, -0.1) is 0 Å². The highest BCUT2D eigenvalue weighted by atomic mass is 32.5. The largest absolute Gasteiger partial charge is 0.476 e. The number of halogens is 1. The second-order valence-corrected chi connectivity index (χ2v) is 14.0. The van der Waals surface area contributed by atoms with Crippen LogP contribution in [0.15, 0.2) is 36.7 Å². The molecule has 230 valence electrons. The van der Waals surface area contributed by atoms with Crippen LogP contribution in [0.4, 0.5) is 10.3 Å². The van der Waals surface area contributed by atoms with Gasteiger partial charge in [0, 0.05) is 0 Å². The van der Waals surface area contributed by atoms with Gasteiger partial charge in [0.05, 0.1) is 19.5 Å². The predicted octanol–water partition coefficient (Wildman–Crippen LogP) is 3.43. The van der Waals surface area contributed by atoms with Crippen LogP contribution >= 0.6 is 6.64 Å². The SMILES string of the molecule is CCOc1nc(N)nc2c1ncn2[C@@H]1O[C@H](COP(=S)(NC(C)C(=O)OC(C)(C)C)Oc2ccccc2)C(F)[C@@]1(C)O. The van der Waals surface area contributed by atoms with E-state index in [0.717, 1.165) is 0 Å². The van der Waals surface area contributed by atoms with E-state index in [0.29, 0.717) is 12.4 Å². The van der Waals surface area contributed by atoms with Gasteiger partial charge in [-0.05, 0) is 65.5 Å². The Morgan fingerprint density at radius 1 is 1.33 bits per heavy atom. The van der Waals surface area contributed by atoms with Crippen molar-refractivity contribution >= 4 is 41.5 Å². The van der Waals surface area contributed by atoms with Crippen LogP contribution in [0.25, 0.3) is 11.2 Å². The smallest absolute Gasteiger partial charge is 0.323 e. The molecule has 6 atom stereocenters. The minimum Gasteiger partial charge on any atom is -0.476 e. The molecule has 1 fully saturated rings. The van der Waals surface area contributed by atoms with Crippen molar-refractivity contribution < 1.29 is 37.5 Å². The number of para-hydroxylation sites is 1. The number of ether oxygens (including phenoxy) is 3. The number of anilines is 1. The summed E-state index contributed by atoms with van der Waals surface area (Å²) in [6, 6.07) is 7.71. The zero-order valence-electron chi connectivity index (χ0n) is 24.2. The Kier molecular flexibility index (Phi) is 9.40. The van der Waals surface area contributed by atoms with Crippen LogP contribution in [0.1, 0.15) is 47.8 Å².